The highest BCUT2D eigenvalue weighted by atomic mass is 15.0. The highest BCUT2D eigenvalue weighted by Gasteiger charge is 2.33. The Morgan fingerprint density at radius 1 is 0.941 bits per heavy atom. The van der Waals surface area contributed by atoms with Gasteiger partial charge in [0.25, 0.3) is 0 Å². The molecule has 0 saturated heterocycles. The van der Waals surface area contributed by atoms with Crippen LogP contribution in [0.2, 0.25) is 0 Å². The standard InChI is InChI=1S/C14H21N3/c15-11-4-5-12-13(8-11)17-10-14(9-16-12)6-2-1-3-7-14/h4-5,8,16-17H,1-3,6-7,9-10,15H2. The van der Waals surface area contributed by atoms with Crippen LogP contribution in [0.25, 0.3) is 0 Å². The molecule has 0 aromatic heterocycles. The van der Waals surface area contributed by atoms with E-state index in [0.717, 1.165) is 24.5 Å². The molecule has 0 unspecified atom stereocenters. The van der Waals surface area contributed by atoms with Gasteiger partial charge in [-0.1, -0.05) is 19.3 Å². The van der Waals surface area contributed by atoms with E-state index in [1.165, 1.54) is 37.8 Å². The Morgan fingerprint density at radius 3 is 2.41 bits per heavy atom. The molecule has 1 spiro atoms. The van der Waals surface area contributed by atoms with E-state index in [2.05, 4.69) is 16.7 Å². The molecule has 1 aromatic carbocycles. The third-order valence-electron chi connectivity index (χ3n) is 4.27. The Labute approximate surface area is 103 Å². The lowest BCUT2D eigenvalue weighted by Gasteiger charge is -2.36. The second-order valence-electron chi connectivity index (χ2n) is 5.57. The maximum atomic E-state index is 5.84. The number of anilines is 3. The molecule has 1 fully saturated rings. The van der Waals surface area contributed by atoms with Crippen LogP contribution in [-0.2, 0) is 0 Å². The van der Waals surface area contributed by atoms with E-state index in [4.69, 9.17) is 5.73 Å². The number of rotatable bonds is 0. The number of nitrogens with one attached hydrogen (secondary N) is 2. The van der Waals surface area contributed by atoms with Gasteiger partial charge >= 0.3 is 0 Å². The zero-order valence-electron chi connectivity index (χ0n) is 10.3. The van der Waals surface area contributed by atoms with Crippen LogP contribution in [-0.4, -0.2) is 13.1 Å². The second-order valence-corrected chi connectivity index (χ2v) is 5.57. The molecule has 0 atom stereocenters. The minimum atomic E-state index is 0.450. The van der Waals surface area contributed by atoms with Crippen LogP contribution < -0.4 is 16.4 Å². The zero-order valence-corrected chi connectivity index (χ0v) is 10.3. The summed E-state index contributed by atoms with van der Waals surface area (Å²) in [5, 5.41) is 7.18. The molecule has 1 aromatic rings. The summed E-state index contributed by atoms with van der Waals surface area (Å²) < 4.78 is 0. The van der Waals surface area contributed by atoms with Crippen LogP contribution in [0, 0.1) is 5.41 Å². The van der Waals surface area contributed by atoms with Crippen molar-refractivity contribution in [3.63, 3.8) is 0 Å². The molecule has 1 aliphatic carbocycles. The molecule has 1 saturated carbocycles. The summed E-state index contributed by atoms with van der Waals surface area (Å²) in [5.74, 6) is 0. The quantitative estimate of drug-likeness (QED) is 0.601. The molecule has 0 amide bonds. The second kappa shape index (κ2) is 4.13. The molecule has 92 valence electrons. The van der Waals surface area contributed by atoms with E-state index in [1.54, 1.807) is 0 Å². The van der Waals surface area contributed by atoms with Gasteiger partial charge in [0.1, 0.15) is 0 Å². The van der Waals surface area contributed by atoms with Crippen molar-refractivity contribution in [2.45, 2.75) is 32.1 Å². The fourth-order valence-corrected chi connectivity index (χ4v) is 3.15. The first-order chi connectivity index (χ1) is 8.27. The Balaban J connectivity index is 1.82. The third-order valence-corrected chi connectivity index (χ3v) is 4.27. The summed E-state index contributed by atoms with van der Waals surface area (Å²) in [7, 11) is 0. The van der Waals surface area contributed by atoms with Gasteiger partial charge in [0.15, 0.2) is 0 Å². The molecule has 2 aliphatic rings. The van der Waals surface area contributed by atoms with Crippen molar-refractivity contribution in [3.8, 4) is 0 Å². The largest absolute Gasteiger partial charge is 0.399 e. The van der Waals surface area contributed by atoms with E-state index in [9.17, 15) is 0 Å². The number of hydrogen-bond acceptors (Lipinski definition) is 3. The van der Waals surface area contributed by atoms with E-state index in [1.807, 2.05) is 12.1 Å². The monoisotopic (exact) mass is 231 g/mol. The van der Waals surface area contributed by atoms with Gasteiger partial charge < -0.3 is 16.4 Å². The highest BCUT2D eigenvalue weighted by molar-refractivity contribution is 5.73. The van der Waals surface area contributed by atoms with E-state index < -0.39 is 0 Å². The van der Waals surface area contributed by atoms with Gasteiger partial charge in [-0.15, -0.1) is 0 Å². The summed E-state index contributed by atoms with van der Waals surface area (Å²) in [6.45, 7) is 2.17. The van der Waals surface area contributed by atoms with Crippen molar-refractivity contribution in [1.29, 1.82) is 0 Å². The summed E-state index contributed by atoms with van der Waals surface area (Å²) in [5.41, 5.74) is 9.47. The Morgan fingerprint density at radius 2 is 1.65 bits per heavy atom. The predicted molar refractivity (Wildman–Crippen MR) is 73.4 cm³/mol. The average Bonchev–Trinajstić information content (AvgIpc) is 2.52. The SMILES string of the molecule is Nc1ccc2c(c1)NCC1(CCCCC1)CN2. The van der Waals surface area contributed by atoms with Crippen molar-refractivity contribution in [1.82, 2.24) is 0 Å². The maximum absolute atomic E-state index is 5.84. The van der Waals surface area contributed by atoms with Crippen LogP contribution >= 0.6 is 0 Å². The van der Waals surface area contributed by atoms with Crippen LogP contribution in [0.3, 0.4) is 0 Å². The van der Waals surface area contributed by atoms with E-state index in [-0.39, 0.29) is 0 Å². The van der Waals surface area contributed by atoms with Crippen molar-refractivity contribution < 1.29 is 0 Å². The molecule has 3 nitrogen and oxygen atoms in total. The Kier molecular flexibility index (Phi) is 2.61. The first-order valence-electron chi connectivity index (χ1n) is 6.65. The van der Waals surface area contributed by atoms with Crippen LogP contribution in [0.4, 0.5) is 17.1 Å². The third kappa shape index (κ3) is 2.06. The lowest BCUT2D eigenvalue weighted by molar-refractivity contribution is 0.224. The smallest absolute Gasteiger partial charge is 0.0596 e. The van der Waals surface area contributed by atoms with E-state index >= 15 is 0 Å². The lowest BCUT2D eigenvalue weighted by Crippen LogP contribution is -2.36. The van der Waals surface area contributed by atoms with Crippen molar-refractivity contribution in [2.75, 3.05) is 29.5 Å². The molecule has 3 rings (SSSR count). The number of nitrogen functional groups attached to an aromatic ring is 1. The predicted octanol–water partition coefficient (Wildman–Crippen LogP) is 3.06. The van der Waals surface area contributed by atoms with Gasteiger partial charge in [0, 0.05) is 24.2 Å². The molecule has 0 radical (unpaired) electrons. The molecule has 3 heteroatoms. The lowest BCUT2D eigenvalue weighted by atomic mass is 9.74. The topological polar surface area (TPSA) is 50.1 Å². The molecule has 0 bridgehead atoms. The highest BCUT2D eigenvalue weighted by Crippen LogP contribution is 2.40. The van der Waals surface area contributed by atoms with Crippen molar-refractivity contribution in [2.24, 2.45) is 5.41 Å². The molecule has 1 heterocycles. The number of benzene rings is 1. The minimum absolute atomic E-state index is 0.450. The average molecular weight is 231 g/mol. The van der Waals surface area contributed by atoms with Crippen molar-refractivity contribution >= 4 is 17.1 Å². The first-order valence-corrected chi connectivity index (χ1v) is 6.65. The van der Waals surface area contributed by atoms with Crippen LogP contribution in [0.15, 0.2) is 18.2 Å². The first kappa shape index (κ1) is 10.8. The Hall–Kier alpha value is -1.38. The fourth-order valence-electron chi connectivity index (χ4n) is 3.15. The van der Waals surface area contributed by atoms with Crippen LogP contribution in [0.1, 0.15) is 32.1 Å². The van der Waals surface area contributed by atoms with Gasteiger partial charge in [-0.05, 0) is 31.0 Å². The molecular weight excluding hydrogens is 210 g/mol. The van der Waals surface area contributed by atoms with Gasteiger partial charge in [-0.3, -0.25) is 0 Å². The van der Waals surface area contributed by atoms with Gasteiger partial charge in [0.2, 0.25) is 0 Å². The number of fused-ring (bicyclic) bond motifs is 1. The Bertz CT molecular complexity index is 408. The molecular formula is C14H21N3. The summed E-state index contributed by atoms with van der Waals surface area (Å²) in [6, 6.07) is 6.08. The maximum Gasteiger partial charge on any atom is 0.0596 e. The number of nitrogens with two attached hydrogens (primary N) is 1. The van der Waals surface area contributed by atoms with Gasteiger partial charge in [-0.25, -0.2) is 0 Å². The molecule has 1 aliphatic heterocycles. The van der Waals surface area contributed by atoms with Crippen LogP contribution in [0.5, 0.6) is 0 Å². The van der Waals surface area contributed by atoms with Gasteiger partial charge in [0.05, 0.1) is 11.4 Å². The molecule has 4 N–H and O–H groups in total. The zero-order chi connectivity index (χ0) is 11.7. The van der Waals surface area contributed by atoms with Gasteiger partial charge in [-0.2, -0.15) is 0 Å². The summed E-state index contributed by atoms with van der Waals surface area (Å²) in [4.78, 5) is 0. The van der Waals surface area contributed by atoms with E-state index in [0.29, 0.717) is 5.41 Å². The summed E-state index contributed by atoms with van der Waals surface area (Å²) >= 11 is 0. The fraction of sp³-hybridized carbons (Fsp3) is 0.571. The number of hydrogen-bond donors (Lipinski definition) is 3. The minimum Gasteiger partial charge on any atom is -0.399 e. The normalized spacial score (nSPS) is 22.1. The molecule has 17 heavy (non-hydrogen) atoms. The summed E-state index contributed by atoms with van der Waals surface area (Å²) in [6.07, 6.45) is 6.85. The van der Waals surface area contributed by atoms with Crippen molar-refractivity contribution in [3.05, 3.63) is 18.2 Å².